The molecule has 7 nitrogen and oxygen atoms in total. The summed E-state index contributed by atoms with van der Waals surface area (Å²) in [5.41, 5.74) is -0.729. The standard InChI is InChI=1S/C25H26FN3O4/c1-5-28-19-9-7-6-8-17(19)25(24(28)33)20(21(30)16-11-10-15(2)18(26)14-16)22(31)23(32)29(25)13-12-27(3)4/h6-11,14,30H,5,12-13H2,1-4H3/b21-20-. The van der Waals surface area contributed by atoms with Gasteiger partial charge in [0.2, 0.25) is 0 Å². The number of likely N-dealkylation sites (N-methyl/N-ethyl adjacent to an activating group) is 2. The van der Waals surface area contributed by atoms with Crippen molar-refractivity contribution in [1.82, 2.24) is 9.80 Å². The van der Waals surface area contributed by atoms with Crippen molar-refractivity contribution in [1.29, 1.82) is 0 Å². The first-order chi connectivity index (χ1) is 15.7. The van der Waals surface area contributed by atoms with Crippen LogP contribution in [0.5, 0.6) is 0 Å². The molecule has 0 saturated carbocycles. The summed E-state index contributed by atoms with van der Waals surface area (Å²) < 4.78 is 14.3. The molecule has 2 aromatic rings. The lowest BCUT2D eigenvalue weighted by Crippen LogP contribution is -2.53. The monoisotopic (exact) mass is 451 g/mol. The maximum Gasteiger partial charge on any atom is 0.296 e. The van der Waals surface area contributed by atoms with Crippen molar-refractivity contribution < 1.29 is 23.9 Å². The number of hydrogen-bond donors (Lipinski definition) is 1. The van der Waals surface area contributed by atoms with Crippen molar-refractivity contribution >= 4 is 29.0 Å². The number of aryl methyl sites for hydroxylation is 1. The van der Waals surface area contributed by atoms with Crippen LogP contribution in [-0.2, 0) is 19.9 Å². The number of fused-ring (bicyclic) bond motifs is 2. The Labute approximate surface area is 191 Å². The number of nitrogens with zero attached hydrogens (tertiary/aromatic N) is 3. The summed E-state index contributed by atoms with van der Waals surface area (Å²) in [6.07, 6.45) is 0. The quantitative estimate of drug-likeness (QED) is 0.430. The number of benzene rings is 2. The van der Waals surface area contributed by atoms with Crippen molar-refractivity contribution in [3.8, 4) is 0 Å². The summed E-state index contributed by atoms with van der Waals surface area (Å²) in [6, 6.07) is 11.0. The first-order valence-corrected chi connectivity index (χ1v) is 10.8. The van der Waals surface area contributed by atoms with E-state index in [0.29, 0.717) is 29.9 Å². The molecule has 0 aromatic heterocycles. The summed E-state index contributed by atoms with van der Waals surface area (Å²) in [5, 5.41) is 11.3. The molecule has 1 spiro atoms. The molecule has 33 heavy (non-hydrogen) atoms. The maximum atomic E-state index is 14.3. The SMILES string of the molecule is CCN1C(=O)C2(/C(=C(\O)c3ccc(C)c(F)c3)C(=O)C(=O)N2CCN(C)C)c2ccccc21. The number of para-hydroxylation sites is 1. The first-order valence-electron chi connectivity index (χ1n) is 10.8. The predicted molar refractivity (Wildman–Crippen MR) is 122 cm³/mol. The van der Waals surface area contributed by atoms with Gasteiger partial charge in [-0.3, -0.25) is 14.4 Å². The number of carbonyl (C=O) groups is 3. The number of anilines is 1. The van der Waals surface area contributed by atoms with E-state index in [-0.39, 0.29) is 17.7 Å². The second-order valence-corrected chi connectivity index (χ2v) is 8.55. The summed E-state index contributed by atoms with van der Waals surface area (Å²) in [6.45, 7) is 4.18. The molecule has 1 unspecified atom stereocenters. The van der Waals surface area contributed by atoms with Crippen LogP contribution in [0, 0.1) is 12.7 Å². The fourth-order valence-electron chi connectivity index (χ4n) is 4.67. The molecular weight excluding hydrogens is 425 g/mol. The van der Waals surface area contributed by atoms with E-state index < -0.39 is 34.7 Å². The summed E-state index contributed by atoms with van der Waals surface area (Å²) in [5.74, 6) is -3.46. The molecular formula is C25H26FN3O4. The average Bonchev–Trinajstić information content (AvgIpc) is 3.16. The minimum Gasteiger partial charge on any atom is -0.507 e. The second-order valence-electron chi connectivity index (χ2n) is 8.55. The zero-order valence-electron chi connectivity index (χ0n) is 19.1. The number of likely N-dealkylation sites (tertiary alicyclic amines) is 1. The fraction of sp³-hybridized carbons (Fsp3) is 0.320. The van der Waals surface area contributed by atoms with Crippen molar-refractivity contribution in [2.45, 2.75) is 19.4 Å². The fourth-order valence-corrected chi connectivity index (χ4v) is 4.67. The largest absolute Gasteiger partial charge is 0.507 e. The molecule has 0 radical (unpaired) electrons. The molecule has 2 aliphatic rings. The lowest BCUT2D eigenvalue weighted by molar-refractivity contribution is -0.143. The molecule has 1 atom stereocenters. The van der Waals surface area contributed by atoms with Gasteiger partial charge in [0, 0.05) is 30.8 Å². The van der Waals surface area contributed by atoms with E-state index in [4.69, 9.17) is 0 Å². The smallest absolute Gasteiger partial charge is 0.296 e. The van der Waals surface area contributed by atoms with Crippen LogP contribution in [-0.4, -0.2) is 66.2 Å². The van der Waals surface area contributed by atoms with Crippen LogP contribution in [0.4, 0.5) is 10.1 Å². The number of hydrogen-bond acceptors (Lipinski definition) is 5. The molecule has 2 amide bonds. The van der Waals surface area contributed by atoms with Gasteiger partial charge in [-0.05, 0) is 45.6 Å². The van der Waals surface area contributed by atoms with Crippen molar-refractivity contribution in [2.75, 3.05) is 38.6 Å². The summed E-state index contributed by atoms with van der Waals surface area (Å²) >= 11 is 0. The Hall–Kier alpha value is -3.52. The summed E-state index contributed by atoms with van der Waals surface area (Å²) in [4.78, 5) is 45.2. The molecule has 1 saturated heterocycles. The van der Waals surface area contributed by atoms with Gasteiger partial charge in [0.25, 0.3) is 17.6 Å². The molecule has 2 aromatic carbocycles. The van der Waals surface area contributed by atoms with E-state index in [1.54, 1.807) is 38.1 Å². The Morgan fingerprint density at radius 3 is 2.45 bits per heavy atom. The van der Waals surface area contributed by atoms with Gasteiger partial charge in [-0.1, -0.05) is 30.3 Å². The highest BCUT2D eigenvalue weighted by Gasteiger charge is 2.66. The highest BCUT2D eigenvalue weighted by Crippen LogP contribution is 2.53. The van der Waals surface area contributed by atoms with Gasteiger partial charge in [0.05, 0.1) is 11.3 Å². The van der Waals surface area contributed by atoms with Crippen molar-refractivity contribution in [2.24, 2.45) is 0 Å². The zero-order chi connectivity index (χ0) is 24.1. The third kappa shape index (κ3) is 3.16. The Morgan fingerprint density at radius 2 is 1.82 bits per heavy atom. The molecule has 1 fully saturated rings. The van der Waals surface area contributed by atoms with Gasteiger partial charge in [0.15, 0.2) is 5.54 Å². The lowest BCUT2D eigenvalue weighted by atomic mass is 9.82. The molecule has 2 aliphatic heterocycles. The number of amides is 2. The third-order valence-corrected chi connectivity index (χ3v) is 6.34. The molecule has 8 heteroatoms. The Morgan fingerprint density at radius 1 is 1.12 bits per heavy atom. The van der Waals surface area contributed by atoms with E-state index in [1.165, 1.54) is 21.9 Å². The van der Waals surface area contributed by atoms with Crippen LogP contribution in [0.15, 0.2) is 48.0 Å². The van der Waals surface area contributed by atoms with E-state index in [2.05, 4.69) is 0 Å². The van der Waals surface area contributed by atoms with Gasteiger partial charge < -0.3 is 19.8 Å². The van der Waals surface area contributed by atoms with Crippen LogP contribution < -0.4 is 4.90 Å². The number of aliphatic hydroxyl groups is 1. The maximum absolute atomic E-state index is 14.3. The van der Waals surface area contributed by atoms with E-state index in [9.17, 15) is 23.9 Å². The number of ketones is 1. The minimum atomic E-state index is -1.82. The zero-order valence-corrected chi connectivity index (χ0v) is 19.1. The third-order valence-electron chi connectivity index (χ3n) is 6.34. The number of aliphatic hydroxyl groups excluding tert-OH is 1. The highest BCUT2D eigenvalue weighted by atomic mass is 19.1. The number of carbonyl (C=O) groups excluding carboxylic acids is 3. The minimum absolute atomic E-state index is 0.0308. The first kappa shape index (κ1) is 22.7. The second kappa shape index (κ2) is 8.12. The van der Waals surface area contributed by atoms with Gasteiger partial charge in [0.1, 0.15) is 11.6 Å². The molecule has 2 heterocycles. The van der Waals surface area contributed by atoms with Crippen LogP contribution in [0.1, 0.15) is 23.6 Å². The van der Waals surface area contributed by atoms with Crippen LogP contribution in [0.25, 0.3) is 5.76 Å². The average molecular weight is 451 g/mol. The Kier molecular flexibility index (Phi) is 5.57. The van der Waals surface area contributed by atoms with Gasteiger partial charge in [-0.25, -0.2) is 4.39 Å². The lowest BCUT2D eigenvalue weighted by Gasteiger charge is -2.35. The molecule has 4 rings (SSSR count). The Bertz CT molecular complexity index is 1210. The molecule has 0 bridgehead atoms. The van der Waals surface area contributed by atoms with Crippen molar-refractivity contribution in [3.05, 3.63) is 70.5 Å². The van der Waals surface area contributed by atoms with Crippen LogP contribution in [0.2, 0.25) is 0 Å². The van der Waals surface area contributed by atoms with Crippen LogP contribution in [0.3, 0.4) is 0 Å². The van der Waals surface area contributed by atoms with Gasteiger partial charge >= 0.3 is 0 Å². The van der Waals surface area contributed by atoms with E-state index in [1.807, 2.05) is 19.0 Å². The van der Waals surface area contributed by atoms with E-state index in [0.717, 1.165) is 6.07 Å². The Balaban J connectivity index is 2.06. The molecule has 0 aliphatic carbocycles. The normalized spacial score (nSPS) is 21.6. The van der Waals surface area contributed by atoms with Crippen molar-refractivity contribution in [3.63, 3.8) is 0 Å². The number of halogens is 1. The van der Waals surface area contributed by atoms with Gasteiger partial charge in [-0.2, -0.15) is 0 Å². The molecule has 172 valence electrons. The van der Waals surface area contributed by atoms with Crippen LogP contribution >= 0.6 is 0 Å². The number of rotatable bonds is 5. The molecule has 1 N–H and O–H groups in total. The topological polar surface area (TPSA) is 81.2 Å². The highest BCUT2D eigenvalue weighted by molar-refractivity contribution is 6.50. The number of Topliss-reactive ketones (excluding diaryl/α,β-unsaturated/α-hetero) is 1. The summed E-state index contributed by atoms with van der Waals surface area (Å²) in [7, 11) is 3.64. The van der Waals surface area contributed by atoms with E-state index >= 15 is 0 Å². The predicted octanol–water partition coefficient (Wildman–Crippen LogP) is 2.64. The van der Waals surface area contributed by atoms with Gasteiger partial charge in [-0.15, -0.1) is 0 Å².